The van der Waals surface area contributed by atoms with E-state index in [9.17, 15) is 22.4 Å². The largest absolute Gasteiger partial charge is 0.409 e. The zero-order valence-electron chi connectivity index (χ0n) is 10.0. The second-order valence-electron chi connectivity index (χ2n) is 3.84. The van der Waals surface area contributed by atoms with Gasteiger partial charge in [-0.25, -0.2) is 4.39 Å². The predicted octanol–water partition coefficient (Wildman–Crippen LogP) is 2.20. The third kappa shape index (κ3) is 4.75. The van der Waals surface area contributed by atoms with Crippen LogP contribution in [0.15, 0.2) is 23.4 Å². The van der Waals surface area contributed by atoms with Crippen molar-refractivity contribution in [2.75, 3.05) is 5.32 Å². The maximum absolute atomic E-state index is 13.0. The molecule has 0 atom stereocenters. The number of nitrogens with zero attached hydrogens (tertiary/aromatic N) is 1. The number of anilines is 1. The molecule has 0 saturated carbocycles. The van der Waals surface area contributed by atoms with E-state index in [-0.39, 0.29) is 11.3 Å². The Morgan fingerprint density at radius 1 is 1.40 bits per heavy atom. The van der Waals surface area contributed by atoms with Gasteiger partial charge in [-0.3, -0.25) is 4.79 Å². The quantitative estimate of drug-likeness (QED) is 0.261. The molecule has 1 aromatic carbocycles. The molecule has 110 valence electrons. The zero-order valence-corrected chi connectivity index (χ0v) is 10.0. The minimum atomic E-state index is -4.45. The highest BCUT2D eigenvalue weighted by Gasteiger charge is 2.28. The van der Waals surface area contributed by atoms with E-state index in [1.54, 1.807) is 0 Å². The lowest BCUT2D eigenvalue weighted by atomic mass is 10.1. The number of amidine groups is 1. The third-order valence-corrected chi connectivity index (χ3v) is 2.27. The molecule has 4 N–H and O–H groups in total. The van der Waals surface area contributed by atoms with Crippen LogP contribution in [-0.4, -0.2) is 23.1 Å². The first-order chi connectivity index (χ1) is 9.23. The zero-order chi connectivity index (χ0) is 15.3. The molecule has 20 heavy (non-hydrogen) atoms. The highest BCUT2D eigenvalue weighted by atomic mass is 19.4. The van der Waals surface area contributed by atoms with E-state index in [4.69, 9.17) is 10.9 Å². The third-order valence-electron chi connectivity index (χ3n) is 2.27. The fourth-order valence-corrected chi connectivity index (χ4v) is 1.36. The van der Waals surface area contributed by atoms with E-state index in [2.05, 4.69) is 10.5 Å². The van der Waals surface area contributed by atoms with E-state index in [1.807, 2.05) is 0 Å². The molecular weight excluding hydrogens is 282 g/mol. The van der Waals surface area contributed by atoms with Crippen molar-refractivity contribution in [2.45, 2.75) is 19.0 Å². The number of hydrogen-bond donors (Lipinski definition) is 3. The molecule has 0 bridgehead atoms. The first kappa shape index (κ1) is 15.7. The van der Waals surface area contributed by atoms with Crippen LogP contribution < -0.4 is 11.1 Å². The molecule has 0 saturated heterocycles. The monoisotopic (exact) mass is 293 g/mol. The van der Waals surface area contributed by atoms with E-state index < -0.39 is 36.6 Å². The lowest BCUT2D eigenvalue weighted by Crippen LogP contribution is -2.20. The molecule has 0 fully saturated rings. The summed E-state index contributed by atoms with van der Waals surface area (Å²) in [6, 6.07) is 2.97. The van der Waals surface area contributed by atoms with Crippen LogP contribution in [-0.2, 0) is 4.79 Å². The van der Waals surface area contributed by atoms with Gasteiger partial charge in [0, 0.05) is 12.0 Å². The van der Waals surface area contributed by atoms with Gasteiger partial charge < -0.3 is 16.3 Å². The molecule has 1 amide bonds. The van der Waals surface area contributed by atoms with Crippen molar-refractivity contribution in [3.8, 4) is 0 Å². The van der Waals surface area contributed by atoms with Gasteiger partial charge in [-0.15, -0.1) is 0 Å². The van der Waals surface area contributed by atoms with E-state index >= 15 is 0 Å². The maximum Gasteiger partial charge on any atom is 0.389 e. The number of benzene rings is 1. The summed E-state index contributed by atoms with van der Waals surface area (Å²) in [5, 5.41) is 13.3. The number of carbonyl (C=O) groups is 1. The summed E-state index contributed by atoms with van der Waals surface area (Å²) >= 11 is 0. The average Bonchev–Trinajstić information content (AvgIpc) is 2.37. The number of amides is 1. The van der Waals surface area contributed by atoms with Crippen LogP contribution in [0.5, 0.6) is 0 Å². The number of nitrogens with one attached hydrogen (secondary N) is 1. The molecule has 1 rings (SSSR count). The van der Waals surface area contributed by atoms with Crippen molar-refractivity contribution < 1.29 is 27.6 Å². The molecule has 0 aromatic heterocycles. The Morgan fingerprint density at radius 2 is 2.05 bits per heavy atom. The van der Waals surface area contributed by atoms with Crippen LogP contribution in [0.1, 0.15) is 18.4 Å². The standard InChI is InChI=1S/C11H11F4N3O2/c12-6-1-2-8(7(5-6)10(16)18-20)17-9(19)3-4-11(13,14)15/h1-2,5,20H,3-4H2,(H2,16,18)(H,17,19). The van der Waals surface area contributed by atoms with E-state index in [0.717, 1.165) is 18.2 Å². The first-order valence-electron chi connectivity index (χ1n) is 5.37. The summed E-state index contributed by atoms with van der Waals surface area (Å²) in [4.78, 5) is 11.4. The van der Waals surface area contributed by atoms with Crippen molar-refractivity contribution in [2.24, 2.45) is 10.9 Å². The van der Waals surface area contributed by atoms with E-state index in [1.165, 1.54) is 0 Å². The molecule has 5 nitrogen and oxygen atoms in total. The van der Waals surface area contributed by atoms with Crippen LogP contribution in [0.25, 0.3) is 0 Å². The van der Waals surface area contributed by atoms with Crippen molar-refractivity contribution in [1.82, 2.24) is 0 Å². The van der Waals surface area contributed by atoms with Crippen molar-refractivity contribution >= 4 is 17.4 Å². The number of oxime groups is 1. The first-order valence-corrected chi connectivity index (χ1v) is 5.37. The van der Waals surface area contributed by atoms with Crippen LogP contribution >= 0.6 is 0 Å². The van der Waals surface area contributed by atoms with Gasteiger partial charge in [-0.05, 0) is 18.2 Å². The summed E-state index contributed by atoms with van der Waals surface area (Å²) in [5.41, 5.74) is 5.11. The second kappa shape index (κ2) is 6.22. The molecule has 0 aliphatic carbocycles. The van der Waals surface area contributed by atoms with E-state index in [0.29, 0.717) is 0 Å². The van der Waals surface area contributed by atoms with Gasteiger partial charge in [0.25, 0.3) is 0 Å². The molecule has 0 unspecified atom stereocenters. The summed E-state index contributed by atoms with van der Waals surface area (Å²) in [6.07, 6.45) is -6.51. The molecule has 0 spiro atoms. The number of hydrogen-bond acceptors (Lipinski definition) is 3. The van der Waals surface area contributed by atoms with Gasteiger partial charge in [0.2, 0.25) is 5.91 Å². The molecule has 0 heterocycles. The summed E-state index contributed by atoms with van der Waals surface area (Å²) < 4.78 is 48.9. The Hall–Kier alpha value is -2.32. The summed E-state index contributed by atoms with van der Waals surface area (Å²) in [5.74, 6) is -2.10. The van der Waals surface area contributed by atoms with Crippen LogP contribution in [0, 0.1) is 5.82 Å². The Balaban J connectivity index is 2.85. The Kier molecular flexibility index (Phi) is 4.89. The fraction of sp³-hybridized carbons (Fsp3) is 0.273. The number of carbonyl (C=O) groups excluding carboxylic acids is 1. The Bertz CT molecular complexity index is 529. The number of rotatable bonds is 4. The minimum Gasteiger partial charge on any atom is -0.409 e. The van der Waals surface area contributed by atoms with Gasteiger partial charge >= 0.3 is 6.18 Å². The molecule has 0 radical (unpaired) electrons. The smallest absolute Gasteiger partial charge is 0.389 e. The molecule has 9 heteroatoms. The van der Waals surface area contributed by atoms with Gasteiger partial charge in [0.05, 0.1) is 12.1 Å². The van der Waals surface area contributed by atoms with Crippen LogP contribution in [0.2, 0.25) is 0 Å². The highest BCUT2D eigenvalue weighted by Crippen LogP contribution is 2.22. The molecular formula is C11H11F4N3O2. The summed E-state index contributed by atoms with van der Waals surface area (Å²) in [6.45, 7) is 0. The second-order valence-corrected chi connectivity index (χ2v) is 3.84. The van der Waals surface area contributed by atoms with Gasteiger partial charge in [-0.1, -0.05) is 5.16 Å². The van der Waals surface area contributed by atoms with Crippen LogP contribution in [0.3, 0.4) is 0 Å². The summed E-state index contributed by atoms with van der Waals surface area (Å²) in [7, 11) is 0. The number of alkyl halides is 3. The number of halogens is 4. The highest BCUT2D eigenvalue weighted by molar-refractivity contribution is 6.05. The minimum absolute atomic E-state index is 0.0473. The fourth-order valence-electron chi connectivity index (χ4n) is 1.36. The topological polar surface area (TPSA) is 87.7 Å². The lowest BCUT2D eigenvalue weighted by molar-refractivity contribution is -0.142. The SMILES string of the molecule is N/C(=N/O)c1cc(F)ccc1NC(=O)CCC(F)(F)F. The average molecular weight is 293 g/mol. The van der Waals surface area contributed by atoms with Gasteiger partial charge in [0.1, 0.15) is 5.82 Å². The molecule has 1 aromatic rings. The molecule has 0 aliphatic heterocycles. The van der Waals surface area contributed by atoms with Gasteiger partial charge in [0.15, 0.2) is 5.84 Å². The van der Waals surface area contributed by atoms with Crippen molar-refractivity contribution in [3.05, 3.63) is 29.6 Å². The van der Waals surface area contributed by atoms with Gasteiger partial charge in [-0.2, -0.15) is 13.2 Å². The lowest BCUT2D eigenvalue weighted by Gasteiger charge is -2.11. The predicted molar refractivity (Wildman–Crippen MR) is 62.8 cm³/mol. The van der Waals surface area contributed by atoms with Crippen molar-refractivity contribution in [3.63, 3.8) is 0 Å². The normalized spacial score (nSPS) is 12.3. The Morgan fingerprint density at radius 3 is 2.60 bits per heavy atom. The number of nitrogens with two attached hydrogens (primary N) is 1. The van der Waals surface area contributed by atoms with Crippen molar-refractivity contribution in [1.29, 1.82) is 0 Å². The van der Waals surface area contributed by atoms with Crippen LogP contribution in [0.4, 0.5) is 23.2 Å². The Labute approximate surface area is 111 Å². The maximum atomic E-state index is 13.0. The molecule has 0 aliphatic rings.